The number of nitrogen functional groups attached to an aromatic ring is 1. The van der Waals surface area contributed by atoms with E-state index in [9.17, 15) is 5.11 Å². The van der Waals surface area contributed by atoms with Gasteiger partial charge >= 0.3 is 0 Å². The van der Waals surface area contributed by atoms with E-state index in [1.165, 1.54) is 6.20 Å². The lowest BCUT2D eigenvalue weighted by molar-refractivity contribution is 0.00494. The average Bonchev–Trinajstić information content (AvgIpc) is 2.33. The molecule has 0 atom stereocenters. The molecule has 5 heteroatoms. The second-order valence-corrected chi connectivity index (χ2v) is 5.09. The molecule has 17 heavy (non-hydrogen) atoms. The fourth-order valence-corrected chi connectivity index (χ4v) is 2.16. The third kappa shape index (κ3) is 3.30. The van der Waals surface area contributed by atoms with Crippen LogP contribution in [0.3, 0.4) is 0 Å². The molecule has 2 rings (SSSR count). The summed E-state index contributed by atoms with van der Waals surface area (Å²) in [7, 11) is 0. The third-order valence-electron chi connectivity index (χ3n) is 3.48. The van der Waals surface area contributed by atoms with Crippen LogP contribution in [0.25, 0.3) is 0 Å². The summed E-state index contributed by atoms with van der Waals surface area (Å²) in [6.07, 6.45) is 6.98. The Morgan fingerprint density at radius 3 is 2.71 bits per heavy atom. The van der Waals surface area contributed by atoms with Gasteiger partial charge < -0.3 is 16.2 Å². The maximum Gasteiger partial charge on any atom is 0.144 e. The molecule has 0 saturated heterocycles. The number of nitrogens with one attached hydrogen (secondary N) is 1. The highest BCUT2D eigenvalue weighted by Gasteiger charge is 2.31. The molecule has 0 bridgehead atoms. The third-order valence-corrected chi connectivity index (χ3v) is 3.48. The number of hydrogen-bond acceptors (Lipinski definition) is 5. The average molecular weight is 236 g/mol. The molecule has 1 heterocycles. The first kappa shape index (κ1) is 12.1. The predicted molar refractivity (Wildman–Crippen MR) is 67.5 cm³/mol. The van der Waals surface area contributed by atoms with E-state index in [0.717, 1.165) is 31.6 Å². The van der Waals surface area contributed by atoms with Crippen molar-refractivity contribution in [3.8, 4) is 0 Å². The van der Waals surface area contributed by atoms with Crippen LogP contribution < -0.4 is 11.1 Å². The van der Waals surface area contributed by atoms with Gasteiger partial charge in [-0.3, -0.25) is 0 Å². The van der Waals surface area contributed by atoms with Crippen molar-refractivity contribution in [2.24, 2.45) is 5.92 Å². The fraction of sp³-hybridized carbons (Fsp3) is 0.667. The van der Waals surface area contributed by atoms with E-state index in [2.05, 4.69) is 22.2 Å². The molecule has 0 aliphatic heterocycles. The Morgan fingerprint density at radius 1 is 1.41 bits per heavy atom. The van der Waals surface area contributed by atoms with E-state index >= 15 is 0 Å². The summed E-state index contributed by atoms with van der Waals surface area (Å²) in [4.78, 5) is 8.05. The van der Waals surface area contributed by atoms with Gasteiger partial charge in [0.2, 0.25) is 0 Å². The molecule has 1 aromatic heterocycles. The summed E-state index contributed by atoms with van der Waals surface area (Å²) in [5.74, 6) is 1.79. The van der Waals surface area contributed by atoms with Crippen molar-refractivity contribution in [2.45, 2.75) is 38.2 Å². The zero-order valence-corrected chi connectivity index (χ0v) is 10.2. The highest BCUT2D eigenvalue weighted by Crippen LogP contribution is 2.31. The van der Waals surface area contributed by atoms with Gasteiger partial charge in [0.15, 0.2) is 0 Å². The quantitative estimate of drug-likeness (QED) is 0.739. The second kappa shape index (κ2) is 4.87. The Hall–Kier alpha value is -1.36. The van der Waals surface area contributed by atoms with E-state index in [4.69, 9.17) is 5.73 Å². The number of nitrogens with zero attached hydrogens (tertiary/aromatic N) is 2. The first-order valence-corrected chi connectivity index (χ1v) is 6.11. The van der Waals surface area contributed by atoms with Crippen LogP contribution in [0.2, 0.25) is 0 Å². The number of nitrogens with two attached hydrogens (primary N) is 1. The van der Waals surface area contributed by atoms with Crippen LogP contribution in [-0.4, -0.2) is 27.2 Å². The summed E-state index contributed by atoms with van der Waals surface area (Å²) in [5.41, 5.74) is 4.85. The van der Waals surface area contributed by atoms with Gasteiger partial charge in [-0.25, -0.2) is 9.97 Å². The summed E-state index contributed by atoms with van der Waals surface area (Å²) in [5, 5.41) is 13.5. The van der Waals surface area contributed by atoms with E-state index in [0.29, 0.717) is 18.2 Å². The van der Waals surface area contributed by atoms with Crippen molar-refractivity contribution >= 4 is 11.6 Å². The zero-order chi connectivity index (χ0) is 12.3. The van der Waals surface area contributed by atoms with E-state index in [1.54, 1.807) is 6.20 Å². The van der Waals surface area contributed by atoms with Gasteiger partial charge in [0.25, 0.3) is 0 Å². The molecule has 94 valence electrons. The molecule has 1 aliphatic carbocycles. The number of aliphatic hydroxyl groups is 1. The number of anilines is 2. The lowest BCUT2D eigenvalue weighted by Gasteiger charge is -2.35. The largest absolute Gasteiger partial charge is 0.388 e. The monoisotopic (exact) mass is 236 g/mol. The predicted octanol–water partition coefficient (Wildman–Crippen LogP) is 1.41. The first-order valence-electron chi connectivity index (χ1n) is 6.11. The number of aromatic nitrogens is 2. The minimum absolute atomic E-state index is 0.403. The summed E-state index contributed by atoms with van der Waals surface area (Å²) in [6, 6.07) is 0. The van der Waals surface area contributed by atoms with Crippen LogP contribution in [0.4, 0.5) is 11.6 Å². The van der Waals surface area contributed by atoms with Crippen LogP contribution in [0.1, 0.15) is 32.6 Å². The van der Waals surface area contributed by atoms with Crippen molar-refractivity contribution < 1.29 is 5.11 Å². The maximum absolute atomic E-state index is 10.4. The lowest BCUT2D eigenvalue weighted by atomic mass is 9.79. The Balaban J connectivity index is 1.87. The summed E-state index contributed by atoms with van der Waals surface area (Å²) < 4.78 is 0. The van der Waals surface area contributed by atoms with E-state index < -0.39 is 5.60 Å². The molecule has 5 nitrogen and oxygen atoms in total. The van der Waals surface area contributed by atoms with Gasteiger partial charge in [-0.2, -0.15) is 0 Å². The highest BCUT2D eigenvalue weighted by atomic mass is 16.3. The van der Waals surface area contributed by atoms with Crippen LogP contribution >= 0.6 is 0 Å². The van der Waals surface area contributed by atoms with Crippen LogP contribution in [0, 0.1) is 5.92 Å². The molecule has 0 aromatic carbocycles. The van der Waals surface area contributed by atoms with Gasteiger partial charge in [-0.1, -0.05) is 6.92 Å². The summed E-state index contributed by atoms with van der Waals surface area (Å²) in [6.45, 7) is 2.76. The first-order chi connectivity index (χ1) is 8.07. The molecule has 1 fully saturated rings. The number of rotatable bonds is 3. The van der Waals surface area contributed by atoms with Crippen LogP contribution in [0.5, 0.6) is 0 Å². The molecule has 1 aliphatic rings. The Morgan fingerprint density at radius 2 is 2.12 bits per heavy atom. The van der Waals surface area contributed by atoms with Crippen LogP contribution in [0.15, 0.2) is 12.4 Å². The topological polar surface area (TPSA) is 84.1 Å². The van der Waals surface area contributed by atoms with E-state index in [-0.39, 0.29) is 0 Å². The molecular weight excluding hydrogens is 216 g/mol. The molecule has 0 unspecified atom stereocenters. The van der Waals surface area contributed by atoms with Gasteiger partial charge in [0.1, 0.15) is 11.6 Å². The Kier molecular flexibility index (Phi) is 3.47. The Bertz CT molecular complexity index is 357. The van der Waals surface area contributed by atoms with Crippen molar-refractivity contribution in [3.05, 3.63) is 12.4 Å². The van der Waals surface area contributed by atoms with Crippen molar-refractivity contribution in [3.63, 3.8) is 0 Å². The Labute approximate surface area is 101 Å². The molecule has 1 aromatic rings. The highest BCUT2D eigenvalue weighted by molar-refractivity contribution is 5.36. The smallest absolute Gasteiger partial charge is 0.144 e. The van der Waals surface area contributed by atoms with Gasteiger partial charge in [0.05, 0.1) is 18.0 Å². The molecule has 0 amide bonds. The van der Waals surface area contributed by atoms with E-state index in [1.807, 2.05) is 0 Å². The minimum atomic E-state index is -0.602. The molecule has 0 radical (unpaired) electrons. The molecule has 4 N–H and O–H groups in total. The molecule has 0 spiro atoms. The second-order valence-electron chi connectivity index (χ2n) is 5.09. The molecular formula is C12H20N4O. The van der Waals surface area contributed by atoms with Crippen molar-refractivity contribution in [1.29, 1.82) is 0 Å². The SMILES string of the molecule is CC1CCC(O)(CNc2cnc(N)cn2)CC1. The van der Waals surface area contributed by atoms with Gasteiger partial charge in [-0.05, 0) is 31.6 Å². The summed E-state index contributed by atoms with van der Waals surface area (Å²) >= 11 is 0. The van der Waals surface area contributed by atoms with Crippen molar-refractivity contribution in [2.75, 3.05) is 17.6 Å². The fourth-order valence-electron chi connectivity index (χ4n) is 2.16. The molecule has 1 saturated carbocycles. The van der Waals surface area contributed by atoms with Gasteiger partial charge in [-0.15, -0.1) is 0 Å². The standard InChI is InChI=1S/C12H20N4O/c1-9-2-4-12(17,5-3-9)8-16-11-7-14-10(13)6-15-11/h6-7,9,17H,2-5,8H2,1H3,(H2,13,14)(H,15,16). The van der Waals surface area contributed by atoms with Crippen LogP contribution in [-0.2, 0) is 0 Å². The number of hydrogen-bond donors (Lipinski definition) is 3. The lowest BCUT2D eigenvalue weighted by Crippen LogP contribution is -2.40. The normalized spacial score (nSPS) is 28.9. The van der Waals surface area contributed by atoms with Gasteiger partial charge in [0, 0.05) is 6.54 Å². The zero-order valence-electron chi connectivity index (χ0n) is 10.2. The van der Waals surface area contributed by atoms with Crippen molar-refractivity contribution in [1.82, 2.24) is 9.97 Å². The maximum atomic E-state index is 10.4. The minimum Gasteiger partial charge on any atom is -0.388 e.